The van der Waals surface area contributed by atoms with Crippen LogP contribution in [-0.2, 0) is 14.4 Å². The molecule has 1 rings (SSSR count). The zero-order valence-electron chi connectivity index (χ0n) is 11.6. The van der Waals surface area contributed by atoms with E-state index in [0.29, 0.717) is 19.4 Å². The zero-order valence-corrected chi connectivity index (χ0v) is 11.6. The minimum atomic E-state index is -0.891. The van der Waals surface area contributed by atoms with Gasteiger partial charge in [-0.25, -0.2) is 0 Å². The van der Waals surface area contributed by atoms with Crippen LogP contribution in [0, 0.1) is 5.41 Å². The van der Waals surface area contributed by atoms with Crippen LogP contribution >= 0.6 is 0 Å². The van der Waals surface area contributed by atoms with Crippen molar-refractivity contribution in [3.8, 4) is 0 Å². The van der Waals surface area contributed by atoms with Gasteiger partial charge in [-0.1, -0.05) is 12.8 Å². The van der Waals surface area contributed by atoms with Gasteiger partial charge in [0.1, 0.15) is 0 Å². The maximum Gasteiger partial charge on any atom is 0.310 e. The second kappa shape index (κ2) is 6.54. The zero-order chi connectivity index (χ0) is 14.5. The Labute approximate surface area is 113 Å². The summed E-state index contributed by atoms with van der Waals surface area (Å²) < 4.78 is 0. The van der Waals surface area contributed by atoms with Gasteiger partial charge < -0.3 is 15.3 Å². The second-order valence-corrected chi connectivity index (χ2v) is 5.21. The Bertz CT molecular complexity index is 362. The first-order valence-electron chi connectivity index (χ1n) is 6.59. The number of aliphatic carboxylic acids is 1. The maximum absolute atomic E-state index is 12.0. The van der Waals surface area contributed by atoms with E-state index in [2.05, 4.69) is 5.32 Å². The van der Waals surface area contributed by atoms with E-state index in [1.807, 2.05) is 0 Å². The first-order chi connectivity index (χ1) is 8.91. The summed E-state index contributed by atoms with van der Waals surface area (Å²) in [6.07, 6.45) is 3.13. The average Bonchev–Trinajstić information content (AvgIpc) is 2.85. The van der Waals surface area contributed by atoms with Gasteiger partial charge in [0.05, 0.1) is 5.41 Å². The molecular formula is C13H22N2O4. The Hall–Kier alpha value is -1.59. The van der Waals surface area contributed by atoms with Crippen LogP contribution in [0.2, 0.25) is 0 Å². The van der Waals surface area contributed by atoms with E-state index in [9.17, 15) is 19.5 Å². The quantitative estimate of drug-likeness (QED) is 0.740. The third kappa shape index (κ3) is 3.94. The number of rotatable bonds is 6. The maximum atomic E-state index is 12.0. The van der Waals surface area contributed by atoms with Crippen LogP contribution in [-0.4, -0.2) is 48.4 Å². The molecule has 0 heterocycles. The normalized spacial score (nSPS) is 16.9. The van der Waals surface area contributed by atoms with E-state index in [0.717, 1.165) is 12.8 Å². The molecule has 0 aromatic rings. The van der Waals surface area contributed by atoms with Crippen LogP contribution < -0.4 is 5.32 Å². The summed E-state index contributed by atoms with van der Waals surface area (Å²) in [6, 6.07) is 0. The summed E-state index contributed by atoms with van der Waals surface area (Å²) in [4.78, 5) is 36.0. The molecule has 6 nitrogen and oxygen atoms in total. The predicted molar refractivity (Wildman–Crippen MR) is 69.5 cm³/mol. The summed E-state index contributed by atoms with van der Waals surface area (Å²) in [5.74, 6) is -1.21. The molecule has 19 heavy (non-hydrogen) atoms. The van der Waals surface area contributed by atoms with Gasteiger partial charge in [-0.15, -0.1) is 0 Å². The van der Waals surface area contributed by atoms with Gasteiger partial charge in [0.25, 0.3) is 0 Å². The topological polar surface area (TPSA) is 86.7 Å². The van der Waals surface area contributed by atoms with E-state index >= 15 is 0 Å². The van der Waals surface area contributed by atoms with E-state index in [1.54, 1.807) is 14.1 Å². The molecule has 0 atom stereocenters. The molecule has 1 aliphatic carbocycles. The Kier molecular flexibility index (Phi) is 5.32. The van der Waals surface area contributed by atoms with Crippen molar-refractivity contribution in [3.63, 3.8) is 0 Å². The van der Waals surface area contributed by atoms with Crippen LogP contribution in [0.25, 0.3) is 0 Å². The van der Waals surface area contributed by atoms with Gasteiger partial charge in [0, 0.05) is 33.5 Å². The monoisotopic (exact) mass is 270 g/mol. The summed E-state index contributed by atoms with van der Waals surface area (Å²) in [5.41, 5.74) is -0.891. The average molecular weight is 270 g/mol. The lowest BCUT2D eigenvalue weighted by Gasteiger charge is -2.26. The molecule has 0 aliphatic heterocycles. The number of nitrogens with one attached hydrogen (secondary N) is 1. The standard InChI is InChI=1S/C13H22N2O4/c1-14-10(16)5-8-15(2)11(17)9-13(12(18)19)6-3-4-7-13/h3-9H2,1-2H3,(H,14,16)(H,18,19). The molecule has 0 unspecified atom stereocenters. The first-order valence-corrected chi connectivity index (χ1v) is 6.59. The van der Waals surface area contributed by atoms with Crippen molar-refractivity contribution in [1.82, 2.24) is 10.2 Å². The number of hydrogen-bond donors (Lipinski definition) is 2. The van der Waals surface area contributed by atoms with Crippen molar-refractivity contribution in [1.29, 1.82) is 0 Å². The molecule has 0 bridgehead atoms. The lowest BCUT2D eigenvalue weighted by Crippen LogP contribution is -2.38. The molecule has 6 heteroatoms. The SMILES string of the molecule is CNC(=O)CCN(C)C(=O)CC1(C(=O)O)CCCC1. The lowest BCUT2D eigenvalue weighted by molar-refractivity contribution is -0.153. The molecular weight excluding hydrogens is 248 g/mol. The summed E-state index contributed by atoms with van der Waals surface area (Å²) in [7, 11) is 3.15. The third-order valence-electron chi connectivity index (χ3n) is 3.88. The van der Waals surface area contributed by atoms with Crippen LogP contribution in [0.4, 0.5) is 0 Å². The van der Waals surface area contributed by atoms with Crippen LogP contribution in [0.15, 0.2) is 0 Å². The Morgan fingerprint density at radius 1 is 1.26 bits per heavy atom. The van der Waals surface area contributed by atoms with Crippen molar-refractivity contribution in [2.24, 2.45) is 5.41 Å². The van der Waals surface area contributed by atoms with Gasteiger partial charge in [-0.05, 0) is 12.8 Å². The Balaban J connectivity index is 2.53. The minimum Gasteiger partial charge on any atom is -0.481 e. The van der Waals surface area contributed by atoms with Gasteiger partial charge in [-0.2, -0.15) is 0 Å². The molecule has 2 amide bonds. The number of carbonyl (C=O) groups is 3. The number of amides is 2. The fraction of sp³-hybridized carbons (Fsp3) is 0.769. The van der Waals surface area contributed by atoms with E-state index in [4.69, 9.17) is 0 Å². The molecule has 0 aromatic carbocycles. The third-order valence-corrected chi connectivity index (χ3v) is 3.88. The smallest absolute Gasteiger partial charge is 0.310 e. The van der Waals surface area contributed by atoms with Crippen molar-refractivity contribution in [2.75, 3.05) is 20.6 Å². The molecule has 0 aromatic heterocycles. The van der Waals surface area contributed by atoms with Gasteiger partial charge >= 0.3 is 5.97 Å². The highest BCUT2D eigenvalue weighted by molar-refractivity contribution is 5.85. The predicted octanol–water partition coefficient (Wildman–Crippen LogP) is 0.616. The summed E-state index contributed by atoms with van der Waals surface area (Å²) >= 11 is 0. The van der Waals surface area contributed by atoms with Gasteiger partial charge in [0.2, 0.25) is 11.8 Å². The highest BCUT2D eigenvalue weighted by atomic mass is 16.4. The van der Waals surface area contributed by atoms with Gasteiger partial charge in [-0.3, -0.25) is 14.4 Å². The van der Waals surface area contributed by atoms with Gasteiger partial charge in [0.15, 0.2) is 0 Å². The molecule has 2 N–H and O–H groups in total. The number of carboxylic acids is 1. The molecule has 1 fully saturated rings. The molecule has 108 valence electrons. The van der Waals surface area contributed by atoms with E-state index in [1.165, 1.54) is 4.90 Å². The van der Waals surface area contributed by atoms with Crippen LogP contribution in [0.3, 0.4) is 0 Å². The van der Waals surface area contributed by atoms with Crippen LogP contribution in [0.1, 0.15) is 38.5 Å². The van der Waals surface area contributed by atoms with Crippen molar-refractivity contribution in [2.45, 2.75) is 38.5 Å². The Morgan fingerprint density at radius 3 is 2.32 bits per heavy atom. The molecule has 1 aliphatic rings. The fourth-order valence-corrected chi connectivity index (χ4v) is 2.46. The highest BCUT2D eigenvalue weighted by Crippen LogP contribution is 2.41. The molecule has 0 radical (unpaired) electrons. The minimum absolute atomic E-state index is 0.0343. The summed E-state index contributed by atoms with van der Waals surface area (Å²) in [5, 5.41) is 11.8. The second-order valence-electron chi connectivity index (χ2n) is 5.21. The summed E-state index contributed by atoms with van der Waals surface area (Å²) in [6.45, 7) is 0.314. The number of hydrogen-bond acceptors (Lipinski definition) is 3. The fourth-order valence-electron chi connectivity index (χ4n) is 2.46. The Morgan fingerprint density at radius 2 is 1.84 bits per heavy atom. The first kappa shape index (κ1) is 15.5. The van der Waals surface area contributed by atoms with Crippen molar-refractivity contribution in [3.05, 3.63) is 0 Å². The van der Waals surface area contributed by atoms with E-state index < -0.39 is 11.4 Å². The molecule has 1 saturated carbocycles. The molecule has 0 saturated heterocycles. The van der Waals surface area contributed by atoms with Crippen LogP contribution in [0.5, 0.6) is 0 Å². The number of nitrogens with zero attached hydrogens (tertiary/aromatic N) is 1. The number of carboxylic acid groups (broad SMARTS) is 1. The van der Waals surface area contributed by atoms with Crippen molar-refractivity contribution >= 4 is 17.8 Å². The van der Waals surface area contributed by atoms with Crippen molar-refractivity contribution < 1.29 is 19.5 Å². The largest absolute Gasteiger partial charge is 0.481 e. The molecule has 0 spiro atoms. The number of carbonyl (C=O) groups excluding carboxylic acids is 2. The lowest BCUT2D eigenvalue weighted by atomic mass is 9.82. The highest BCUT2D eigenvalue weighted by Gasteiger charge is 2.43. The van der Waals surface area contributed by atoms with E-state index in [-0.39, 0.29) is 24.7 Å².